The van der Waals surface area contributed by atoms with Crippen molar-refractivity contribution in [2.45, 2.75) is 0 Å². The summed E-state index contributed by atoms with van der Waals surface area (Å²) in [6.07, 6.45) is 0. The van der Waals surface area contributed by atoms with Gasteiger partial charge in [-0.1, -0.05) is 0 Å². The summed E-state index contributed by atoms with van der Waals surface area (Å²) in [6.45, 7) is 0. The molecule has 0 spiro atoms. The van der Waals surface area contributed by atoms with Crippen molar-refractivity contribution in [3.8, 4) is 0 Å². The predicted molar refractivity (Wildman–Crippen MR) is 10.6 cm³/mol. The summed E-state index contributed by atoms with van der Waals surface area (Å²) < 4.78 is 25.7. The van der Waals surface area contributed by atoms with E-state index in [1.807, 2.05) is 0 Å². The molecule has 0 saturated heterocycles. The van der Waals surface area contributed by atoms with Gasteiger partial charge in [0.05, 0.1) is 0 Å². The van der Waals surface area contributed by atoms with Crippen LogP contribution in [0.5, 0.6) is 0 Å². The van der Waals surface area contributed by atoms with Gasteiger partial charge in [-0.3, -0.25) is 0 Å². The van der Waals surface area contributed by atoms with Crippen LogP contribution >= 0.6 is 0 Å². The molecule has 0 unspecified atom stereocenters. The Kier molecular flexibility index (Phi) is 10.7. The van der Waals surface area contributed by atoms with Crippen LogP contribution in [0.4, 0.5) is 0 Å². The van der Waals surface area contributed by atoms with Crippen LogP contribution in [-0.2, 0) is 26.5 Å². The van der Waals surface area contributed by atoms with Crippen molar-refractivity contribution in [2.75, 3.05) is 0 Å². The quantitative estimate of drug-likeness (QED) is 0.495. The molecule has 5 heteroatoms. The summed E-state index contributed by atoms with van der Waals surface area (Å²) in [6, 6.07) is 0. The predicted octanol–water partition coefficient (Wildman–Crippen LogP) is -1.28. The molecule has 0 aromatic rings. The molecule has 0 fully saturated rings. The van der Waals surface area contributed by atoms with Crippen LogP contribution in [-0.4, -0.2) is 45.5 Å². The van der Waals surface area contributed by atoms with Crippen molar-refractivity contribution >= 4 is 45.5 Å². The van der Waals surface area contributed by atoms with Gasteiger partial charge in [-0.15, -0.1) is 0 Å². The summed E-state index contributed by atoms with van der Waals surface area (Å²) in [5.41, 5.74) is 0. The van der Waals surface area contributed by atoms with Crippen molar-refractivity contribution in [3.63, 3.8) is 0 Å². The van der Waals surface area contributed by atoms with E-state index in [-0.39, 0.29) is 45.5 Å². The van der Waals surface area contributed by atoms with Crippen molar-refractivity contribution in [1.29, 1.82) is 0 Å². The second-order valence-electron chi connectivity index (χ2n) is 0.177. The van der Waals surface area contributed by atoms with Crippen molar-refractivity contribution in [1.82, 2.24) is 0 Å². The van der Waals surface area contributed by atoms with Gasteiger partial charge in [-0.2, -0.15) is 0 Å². The van der Waals surface area contributed by atoms with E-state index < -0.39 is 15.8 Å². The van der Waals surface area contributed by atoms with Gasteiger partial charge >= 0.3 is 72.0 Å². The average molecular weight is 239 g/mol. The standard InChI is InChI=1S/3O.Ru.Sr.2H. The van der Waals surface area contributed by atoms with Gasteiger partial charge in [0.2, 0.25) is 0 Å². The Morgan fingerprint density at radius 3 is 1.00 bits per heavy atom. The van der Waals surface area contributed by atoms with Crippen molar-refractivity contribution in [2.24, 2.45) is 0 Å². The van der Waals surface area contributed by atoms with Gasteiger partial charge in [0, 0.05) is 0 Å². The molecule has 0 aromatic heterocycles. The molecular formula is H2O3RuSr. The maximum atomic E-state index is 8.56. The first-order valence-electron chi connectivity index (χ1n) is 0.433. The fraction of sp³-hybridized carbons (Fsp3) is 0. The van der Waals surface area contributed by atoms with E-state index in [0.717, 1.165) is 0 Å². The third-order valence-electron chi connectivity index (χ3n) is 0. The molecule has 3 nitrogen and oxygen atoms in total. The van der Waals surface area contributed by atoms with Crippen molar-refractivity contribution in [3.05, 3.63) is 0 Å². The van der Waals surface area contributed by atoms with E-state index in [1.54, 1.807) is 0 Å². The van der Waals surface area contributed by atoms with Gasteiger partial charge in [-0.25, -0.2) is 0 Å². The Morgan fingerprint density at radius 2 is 1.00 bits per heavy atom. The van der Waals surface area contributed by atoms with Crippen LogP contribution in [0.2, 0.25) is 0 Å². The Bertz CT molecular complexity index is 76.3. The number of hydrogen-bond donors (Lipinski definition) is 0. The van der Waals surface area contributed by atoms with Crippen LogP contribution in [0.15, 0.2) is 0 Å². The van der Waals surface area contributed by atoms with Gasteiger partial charge in [0.25, 0.3) is 0 Å². The Labute approximate surface area is 70.7 Å². The minimum atomic E-state index is -3.92. The Hall–Kier alpha value is 1.50. The topological polar surface area (TPSA) is 51.2 Å². The second kappa shape index (κ2) is 5.50. The third-order valence-corrected chi connectivity index (χ3v) is 0. The Morgan fingerprint density at radius 1 is 1.00 bits per heavy atom. The van der Waals surface area contributed by atoms with Crippen LogP contribution in [0.25, 0.3) is 0 Å². The van der Waals surface area contributed by atoms with Crippen LogP contribution in [0.1, 0.15) is 0 Å². The minimum absolute atomic E-state index is 0. The molecule has 0 saturated carbocycles. The normalized spacial score (nSPS) is 6.60. The van der Waals surface area contributed by atoms with Gasteiger partial charge in [-0.05, 0) is 0 Å². The third kappa shape index (κ3) is 29.9. The van der Waals surface area contributed by atoms with E-state index in [0.29, 0.717) is 0 Å². The fourth-order valence-corrected chi connectivity index (χ4v) is 0. The van der Waals surface area contributed by atoms with Crippen LogP contribution in [0, 0.1) is 0 Å². The molecule has 0 bridgehead atoms. The molecule has 0 atom stereocenters. The SMILES string of the molecule is [O]=[Ru](=[O])=[O].[SrH2]. The molecule has 0 aromatic carbocycles. The van der Waals surface area contributed by atoms with Gasteiger partial charge < -0.3 is 0 Å². The molecule has 0 rings (SSSR count). The van der Waals surface area contributed by atoms with Crippen LogP contribution in [0.3, 0.4) is 0 Å². The van der Waals surface area contributed by atoms with E-state index in [4.69, 9.17) is 10.7 Å². The number of rotatable bonds is 0. The number of hydrogen-bond acceptors (Lipinski definition) is 3. The zero-order valence-corrected chi connectivity index (χ0v) is 3.32. The average Bonchev–Trinajstić information content (AvgIpc) is 0.811. The fourth-order valence-electron chi connectivity index (χ4n) is 0. The first-order chi connectivity index (χ1) is 1.73. The zero-order valence-electron chi connectivity index (χ0n) is 1.58. The molecule has 0 aliphatic carbocycles. The van der Waals surface area contributed by atoms with Crippen molar-refractivity contribution < 1.29 is 26.5 Å². The molecule has 0 aliphatic heterocycles. The molecule has 0 aliphatic rings. The summed E-state index contributed by atoms with van der Waals surface area (Å²) in [5.74, 6) is 0. The van der Waals surface area contributed by atoms with Crippen LogP contribution < -0.4 is 0 Å². The molecule has 0 radical (unpaired) electrons. The first-order valence-corrected chi connectivity index (χ1v) is 2.56. The summed E-state index contributed by atoms with van der Waals surface area (Å²) >= 11 is -3.92. The van der Waals surface area contributed by atoms with E-state index in [2.05, 4.69) is 0 Å². The molecule has 0 N–H and O–H groups in total. The molecule has 30 valence electrons. The molecule has 0 amide bonds. The summed E-state index contributed by atoms with van der Waals surface area (Å²) in [7, 11) is 0. The zero-order chi connectivity index (χ0) is 3.58. The van der Waals surface area contributed by atoms with E-state index >= 15 is 0 Å². The second-order valence-corrected chi connectivity index (χ2v) is 1.05. The summed E-state index contributed by atoms with van der Waals surface area (Å²) in [5, 5.41) is 0. The van der Waals surface area contributed by atoms with Gasteiger partial charge in [0.1, 0.15) is 0 Å². The van der Waals surface area contributed by atoms with Gasteiger partial charge in [0.15, 0.2) is 0 Å². The van der Waals surface area contributed by atoms with E-state index in [1.165, 1.54) is 0 Å². The first kappa shape index (κ1) is 9.71. The Balaban J connectivity index is 0. The maximum absolute atomic E-state index is 8.56. The van der Waals surface area contributed by atoms with E-state index in [9.17, 15) is 0 Å². The monoisotopic (exact) mass is 240 g/mol. The molecular weight excluding hydrogens is 237 g/mol. The summed E-state index contributed by atoms with van der Waals surface area (Å²) in [4.78, 5) is 0. The molecule has 0 heterocycles. The molecule has 5 heavy (non-hydrogen) atoms.